The average Bonchev–Trinajstić information content (AvgIpc) is 3.46. The molecule has 33 heavy (non-hydrogen) atoms. The molecule has 178 valence electrons. The lowest BCUT2D eigenvalue weighted by atomic mass is 10.0. The molecule has 13 heteroatoms. The van der Waals surface area contributed by atoms with Crippen LogP contribution in [0.5, 0.6) is 0 Å². The summed E-state index contributed by atoms with van der Waals surface area (Å²) in [7, 11) is 0. The predicted molar refractivity (Wildman–Crippen MR) is 109 cm³/mol. The lowest BCUT2D eigenvalue weighted by Crippen LogP contribution is -2.35. The van der Waals surface area contributed by atoms with Gasteiger partial charge in [0, 0.05) is 29.4 Å². The van der Waals surface area contributed by atoms with Crippen molar-refractivity contribution in [3.05, 3.63) is 28.5 Å². The van der Waals surface area contributed by atoms with E-state index in [1.165, 1.54) is 0 Å². The summed E-state index contributed by atoms with van der Waals surface area (Å²) in [6.07, 6.45) is -3.58. The summed E-state index contributed by atoms with van der Waals surface area (Å²) >= 11 is 0.554. The number of aromatic carboxylic acids is 1. The maximum absolute atomic E-state index is 13.9. The van der Waals surface area contributed by atoms with Gasteiger partial charge in [0.1, 0.15) is 17.6 Å². The quantitative estimate of drug-likeness (QED) is 0.556. The predicted octanol–water partition coefficient (Wildman–Crippen LogP) is 4.97. The Morgan fingerprint density at radius 3 is 2.33 bits per heavy atom. The van der Waals surface area contributed by atoms with Gasteiger partial charge in [-0.1, -0.05) is 0 Å². The molecule has 0 unspecified atom stereocenters. The minimum atomic E-state index is -4.62. The van der Waals surface area contributed by atoms with Crippen LogP contribution in [0, 0.1) is 0 Å². The number of pyridine rings is 1. The average molecular weight is 490 g/mol. The molecule has 2 aliphatic rings. The fourth-order valence-electron chi connectivity index (χ4n) is 4.33. The Bertz CT molecular complexity index is 1070. The minimum absolute atomic E-state index is 0.00606. The third-order valence-electron chi connectivity index (χ3n) is 5.97. The molecule has 2 aromatic rings. The summed E-state index contributed by atoms with van der Waals surface area (Å²) in [4.78, 5) is 34.1. The normalized spacial score (nSPS) is 21.0. The van der Waals surface area contributed by atoms with E-state index in [2.05, 4.69) is 9.97 Å². The van der Waals surface area contributed by atoms with E-state index in [4.69, 9.17) is 0 Å². The van der Waals surface area contributed by atoms with Gasteiger partial charge in [-0.25, -0.2) is 23.5 Å². The summed E-state index contributed by atoms with van der Waals surface area (Å²) in [5, 5.41) is 11.0. The van der Waals surface area contributed by atoms with Gasteiger partial charge in [-0.05, 0) is 38.7 Å². The second-order valence-electron chi connectivity index (χ2n) is 8.04. The topological polar surface area (TPSA) is 95.4 Å². The number of nitrogens with one attached hydrogen (secondary N) is 1. The van der Waals surface area contributed by atoms with E-state index in [0.717, 1.165) is 44.9 Å². The number of amides is 1. The van der Waals surface area contributed by atoms with E-state index in [-0.39, 0.29) is 28.2 Å². The lowest BCUT2D eigenvalue weighted by molar-refractivity contribution is -0.138. The molecule has 2 aliphatic heterocycles. The van der Waals surface area contributed by atoms with Crippen LogP contribution in [0.1, 0.15) is 64.9 Å². The fourth-order valence-corrected chi connectivity index (χ4v) is 5.26. The van der Waals surface area contributed by atoms with Crippen LogP contribution >= 0.6 is 11.3 Å². The molecule has 2 fully saturated rings. The Balaban J connectivity index is 1.76. The van der Waals surface area contributed by atoms with E-state index in [0.29, 0.717) is 11.3 Å². The van der Waals surface area contributed by atoms with Crippen molar-refractivity contribution in [1.29, 1.82) is 0 Å². The third-order valence-corrected chi connectivity index (χ3v) is 7.05. The molecule has 2 bridgehead atoms. The number of carboxylic acid groups (broad SMARTS) is 1. The third kappa shape index (κ3) is 4.37. The smallest absolute Gasteiger partial charge is 0.408 e. The number of alkyl halides is 5. The summed E-state index contributed by atoms with van der Waals surface area (Å²) in [6.45, 7) is 0.821. The number of hydrogen-bond acceptors (Lipinski definition) is 6. The van der Waals surface area contributed by atoms with Gasteiger partial charge >= 0.3 is 12.1 Å². The standard InChI is InChI=1S/C20H19F5N4O3S/c1-8(20(23,24)25)27-13-6-11(16(21)22)12(7-26-13)15-14(28-17(33-15)19(31)32)18(30)29-9-2-3-10(29)5-4-9/h6-10,16H,2-5H2,1H3,(H,26,27)(H,31,32)/t8-,9?,10?/m0/s1. The van der Waals surface area contributed by atoms with Crippen LogP contribution in [0.15, 0.2) is 12.3 Å². The lowest BCUT2D eigenvalue weighted by Gasteiger charge is -2.22. The van der Waals surface area contributed by atoms with Crippen LogP contribution < -0.4 is 5.32 Å². The molecular formula is C20H19F5N4O3S. The molecule has 7 nitrogen and oxygen atoms in total. The maximum atomic E-state index is 13.9. The van der Waals surface area contributed by atoms with Gasteiger partial charge in [0.05, 0.1) is 4.88 Å². The van der Waals surface area contributed by atoms with E-state index in [9.17, 15) is 36.6 Å². The minimum Gasteiger partial charge on any atom is -0.476 e. The molecular weight excluding hydrogens is 471 g/mol. The molecule has 1 atom stereocenters. The van der Waals surface area contributed by atoms with Crippen molar-refractivity contribution in [2.45, 2.75) is 63.3 Å². The number of hydrogen-bond donors (Lipinski definition) is 2. The van der Waals surface area contributed by atoms with Crippen molar-refractivity contribution in [1.82, 2.24) is 14.9 Å². The molecule has 0 saturated carbocycles. The Hall–Kier alpha value is -2.83. The van der Waals surface area contributed by atoms with Crippen LogP contribution in [0.25, 0.3) is 10.4 Å². The summed E-state index contributed by atoms with van der Waals surface area (Å²) in [5.74, 6) is -2.38. The first-order chi connectivity index (χ1) is 15.5. The van der Waals surface area contributed by atoms with Crippen molar-refractivity contribution < 1.29 is 36.6 Å². The van der Waals surface area contributed by atoms with E-state index >= 15 is 0 Å². The highest BCUT2D eigenvalue weighted by Gasteiger charge is 2.44. The van der Waals surface area contributed by atoms with Crippen molar-refractivity contribution >= 4 is 29.0 Å². The van der Waals surface area contributed by atoms with Crippen molar-refractivity contribution in [2.75, 3.05) is 5.32 Å². The summed E-state index contributed by atoms with van der Waals surface area (Å²) < 4.78 is 66.3. The Morgan fingerprint density at radius 2 is 1.82 bits per heavy atom. The first kappa shape index (κ1) is 23.3. The summed E-state index contributed by atoms with van der Waals surface area (Å²) in [6, 6.07) is -1.27. The highest BCUT2D eigenvalue weighted by molar-refractivity contribution is 7.17. The largest absolute Gasteiger partial charge is 0.476 e. The van der Waals surface area contributed by atoms with Crippen LogP contribution in [0.2, 0.25) is 0 Å². The summed E-state index contributed by atoms with van der Waals surface area (Å²) in [5.41, 5.74) is -1.18. The molecule has 0 aliphatic carbocycles. The van der Waals surface area contributed by atoms with Crippen molar-refractivity contribution in [2.24, 2.45) is 0 Å². The number of carboxylic acids is 1. The number of anilines is 1. The van der Waals surface area contributed by atoms with Crippen LogP contribution in [-0.2, 0) is 0 Å². The highest BCUT2D eigenvalue weighted by Crippen LogP contribution is 2.42. The zero-order valence-corrected chi connectivity index (χ0v) is 18.0. The van der Waals surface area contributed by atoms with E-state index < -0.39 is 46.9 Å². The molecule has 0 radical (unpaired) electrons. The van der Waals surface area contributed by atoms with Crippen LogP contribution in [-0.4, -0.2) is 56.2 Å². The molecule has 4 rings (SSSR count). The van der Waals surface area contributed by atoms with Gasteiger partial charge in [0.25, 0.3) is 12.3 Å². The van der Waals surface area contributed by atoms with Gasteiger partial charge in [-0.15, -0.1) is 11.3 Å². The fraction of sp³-hybridized carbons (Fsp3) is 0.500. The number of carbonyl (C=O) groups is 2. The molecule has 2 saturated heterocycles. The van der Waals surface area contributed by atoms with Gasteiger partial charge in [-0.2, -0.15) is 13.2 Å². The number of thiazole rings is 1. The van der Waals surface area contributed by atoms with Crippen LogP contribution in [0.4, 0.5) is 27.8 Å². The maximum Gasteiger partial charge on any atom is 0.408 e. The second kappa shape index (κ2) is 8.50. The van der Waals surface area contributed by atoms with Gasteiger partial charge in [0.15, 0.2) is 0 Å². The molecule has 0 aromatic carbocycles. The molecule has 0 spiro atoms. The zero-order valence-electron chi connectivity index (χ0n) is 17.2. The molecule has 1 amide bonds. The number of carbonyl (C=O) groups excluding carboxylic acids is 1. The second-order valence-corrected chi connectivity index (χ2v) is 9.04. The van der Waals surface area contributed by atoms with Crippen molar-refractivity contribution in [3.8, 4) is 10.4 Å². The van der Waals surface area contributed by atoms with Gasteiger partial charge < -0.3 is 15.3 Å². The number of fused-ring (bicyclic) bond motifs is 2. The van der Waals surface area contributed by atoms with Gasteiger partial charge in [0.2, 0.25) is 5.01 Å². The molecule has 2 aromatic heterocycles. The zero-order chi connectivity index (χ0) is 24.1. The first-order valence-corrected chi connectivity index (χ1v) is 11.0. The Kier molecular flexibility index (Phi) is 6.01. The first-order valence-electron chi connectivity index (χ1n) is 10.2. The van der Waals surface area contributed by atoms with Crippen LogP contribution in [0.3, 0.4) is 0 Å². The molecule has 4 heterocycles. The Morgan fingerprint density at radius 1 is 1.21 bits per heavy atom. The Labute approximate surface area is 188 Å². The van der Waals surface area contributed by atoms with E-state index in [1.54, 1.807) is 4.90 Å². The van der Waals surface area contributed by atoms with Crippen molar-refractivity contribution in [3.63, 3.8) is 0 Å². The SMILES string of the molecule is C[C@H](Nc1cc(C(F)F)c(-c2sc(C(=O)O)nc2C(=O)N2C3CCC2CC3)cn1)C(F)(F)F. The number of rotatable bonds is 6. The number of nitrogens with zero attached hydrogens (tertiary/aromatic N) is 3. The highest BCUT2D eigenvalue weighted by atomic mass is 32.1. The monoisotopic (exact) mass is 490 g/mol. The van der Waals surface area contributed by atoms with E-state index in [1.807, 2.05) is 5.32 Å². The number of halogens is 5. The number of aromatic nitrogens is 2. The molecule has 2 N–H and O–H groups in total. The van der Waals surface area contributed by atoms with Gasteiger partial charge in [-0.3, -0.25) is 4.79 Å².